The number of ether oxygens (including phenoxy) is 2. The van der Waals surface area contributed by atoms with Gasteiger partial charge >= 0.3 is 11.9 Å². The summed E-state index contributed by atoms with van der Waals surface area (Å²) in [6.07, 6.45) is 40.9. The fourth-order valence-corrected chi connectivity index (χ4v) is 6.91. The molecule has 0 N–H and O–H groups in total. The highest BCUT2D eigenvalue weighted by molar-refractivity contribution is 5.69. The molecule has 7 heteroatoms. The number of rotatable bonds is 42. The predicted octanol–water partition coefficient (Wildman–Crippen LogP) is 13.4. The number of hydrogen-bond donors (Lipinski definition) is 0. The molecule has 0 aromatic heterocycles. The van der Waals surface area contributed by atoms with Crippen LogP contribution in [0.3, 0.4) is 0 Å². The smallest absolute Gasteiger partial charge is 0.306 e. The molecule has 0 aliphatic heterocycles. The molecule has 328 valence electrons. The number of hydrogen-bond acceptors (Lipinski definition) is 7. The highest BCUT2D eigenvalue weighted by Crippen LogP contribution is 2.18. The largest absolute Gasteiger partial charge is 0.466 e. The van der Waals surface area contributed by atoms with E-state index in [1.165, 1.54) is 148 Å². The molecule has 0 radical (unpaired) electrons. The Morgan fingerprint density at radius 2 is 0.855 bits per heavy atom. The number of carbonyl (C=O) groups is 3. The van der Waals surface area contributed by atoms with Crippen LogP contribution in [0.15, 0.2) is 0 Å². The van der Waals surface area contributed by atoms with E-state index in [1.807, 2.05) is 19.0 Å². The first kappa shape index (κ1) is 55.6. The van der Waals surface area contributed by atoms with E-state index in [-0.39, 0.29) is 18.0 Å². The normalized spacial score (nSPS) is 11.3. The minimum atomic E-state index is -0.0164. The van der Waals surface area contributed by atoms with Gasteiger partial charge in [0.25, 0.3) is 0 Å². The maximum atomic E-state index is 12.6. The van der Waals surface area contributed by atoms with E-state index in [4.69, 9.17) is 9.47 Å². The van der Waals surface area contributed by atoms with E-state index in [9.17, 15) is 14.4 Å². The zero-order valence-corrected chi connectivity index (χ0v) is 38.0. The Labute approximate surface area is 343 Å². The molecule has 0 aromatic rings. The molecule has 0 saturated heterocycles. The van der Waals surface area contributed by atoms with Crippen LogP contribution < -0.4 is 0 Å². The van der Waals surface area contributed by atoms with Crippen LogP contribution in [0.1, 0.15) is 239 Å². The number of unbranched alkanes of at least 4 members (excludes halogenated alkanes) is 24. The summed E-state index contributed by atoms with van der Waals surface area (Å²) in [6, 6.07) is 0. The molecule has 0 aliphatic carbocycles. The molecule has 0 bridgehead atoms. The summed E-state index contributed by atoms with van der Waals surface area (Å²) < 4.78 is 11.4. The Morgan fingerprint density at radius 1 is 0.473 bits per heavy atom. The van der Waals surface area contributed by atoms with Gasteiger partial charge in [0.15, 0.2) is 0 Å². The Morgan fingerprint density at radius 3 is 1.29 bits per heavy atom. The molecule has 0 amide bonds. The van der Waals surface area contributed by atoms with Crippen molar-refractivity contribution in [3.05, 3.63) is 0 Å². The minimum Gasteiger partial charge on any atom is -0.466 e. The Balaban J connectivity index is 0. The second kappa shape index (κ2) is 46.9. The van der Waals surface area contributed by atoms with E-state index in [2.05, 4.69) is 32.7 Å². The zero-order valence-electron chi connectivity index (χ0n) is 38.0. The second-order valence-corrected chi connectivity index (χ2v) is 16.7. The van der Waals surface area contributed by atoms with Crippen molar-refractivity contribution in [1.29, 1.82) is 0 Å². The molecule has 0 atom stereocenters. The van der Waals surface area contributed by atoms with Gasteiger partial charge in [-0.2, -0.15) is 0 Å². The lowest BCUT2D eigenvalue weighted by molar-refractivity contribution is -0.150. The van der Waals surface area contributed by atoms with Gasteiger partial charge in [0.2, 0.25) is 0 Å². The number of carbonyl (C=O) groups excluding carboxylic acids is 3. The summed E-state index contributed by atoms with van der Waals surface area (Å²) in [4.78, 5) is 38.7. The van der Waals surface area contributed by atoms with E-state index in [1.54, 1.807) is 0 Å². The van der Waals surface area contributed by atoms with Gasteiger partial charge in [0, 0.05) is 25.8 Å². The zero-order chi connectivity index (χ0) is 40.9. The molecule has 55 heavy (non-hydrogen) atoms. The van der Waals surface area contributed by atoms with Crippen LogP contribution in [-0.2, 0) is 23.9 Å². The van der Waals surface area contributed by atoms with E-state index in [0.717, 1.165) is 77.3 Å². The molecule has 7 nitrogen and oxygen atoms in total. The molecule has 0 saturated carbocycles. The van der Waals surface area contributed by atoms with Gasteiger partial charge in [-0.3, -0.25) is 9.59 Å². The van der Waals surface area contributed by atoms with Crippen molar-refractivity contribution in [1.82, 2.24) is 9.80 Å². The highest BCUT2D eigenvalue weighted by Gasteiger charge is 2.14. The van der Waals surface area contributed by atoms with Crippen LogP contribution in [0.4, 0.5) is 0 Å². The number of esters is 2. The van der Waals surface area contributed by atoms with Crippen LogP contribution in [0.5, 0.6) is 0 Å². The summed E-state index contributed by atoms with van der Waals surface area (Å²) in [5.74, 6) is 0.0149. The van der Waals surface area contributed by atoms with Gasteiger partial charge in [-0.15, -0.1) is 0 Å². The van der Waals surface area contributed by atoms with Gasteiger partial charge in [-0.1, -0.05) is 162 Å². The molecule has 0 aliphatic rings. The fraction of sp³-hybridized carbons (Fsp3) is 0.938. The quantitative estimate of drug-likeness (QED) is 0.0347. The standard InChI is InChI=1S/C43H85NO4.C5H11NO/c1-5-8-11-14-17-18-19-25-33-40-47-42(45)36-30-26-32-39-44(4)38-31-24-20-23-29-37-43(46)48-41(34-27-21-15-12-9-6-2)35-28-22-16-13-10-7-3;1-6(2)4-3-5-7/h41H,5-40H2,1-4H3;5H,3-4H2,1-2H3. The molecule has 0 fully saturated rings. The van der Waals surface area contributed by atoms with Crippen LogP contribution in [0.25, 0.3) is 0 Å². The lowest BCUT2D eigenvalue weighted by Crippen LogP contribution is -2.21. The lowest BCUT2D eigenvalue weighted by Gasteiger charge is -2.18. The summed E-state index contributed by atoms with van der Waals surface area (Å²) in [7, 11) is 6.11. The van der Waals surface area contributed by atoms with Crippen molar-refractivity contribution in [3.8, 4) is 0 Å². The summed E-state index contributed by atoms with van der Waals surface area (Å²) in [5, 5.41) is 0. The average Bonchev–Trinajstić information content (AvgIpc) is 3.17. The van der Waals surface area contributed by atoms with Crippen molar-refractivity contribution in [2.24, 2.45) is 0 Å². The first-order chi connectivity index (χ1) is 26.8. The Bertz CT molecular complexity index is 776. The number of nitrogens with zero attached hydrogens (tertiary/aromatic N) is 2. The fourth-order valence-electron chi connectivity index (χ4n) is 6.91. The second-order valence-electron chi connectivity index (χ2n) is 16.7. The van der Waals surface area contributed by atoms with Crippen LogP contribution in [-0.4, -0.2) is 81.5 Å². The maximum absolute atomic E-state index is 12.6. The van der Waals surface area contributed by atoms with Crippen molar-refractivity contribution in [3.63, 3.8) is 0 Å². The third-order valence-electron chi connectivity index (χ3n) is 10.6. The monoisotopic (exact) mass is 781 g/mol. The Kier molecular flexibility index (Phi) is 47.4. The SMILES string of the molecule is CCCCCCCCCCCOC(=O)CCCCCN(C)CCCCCCCC(=O)OC(CCCCCCCC)CCCCCCCC.CN(C)CCC=O. The number of aldehydes is 1. The highest BCUT2D eigenvalue weighted by atomic mass is 16.5. The van der Waals surface area contributed by atoms with E-state index < -0.39 is 0 Å². The van der Waals surface area contributed by atoms with E-state index >= 15 is 0 Å². The van der Waals surface area contributed by atoms with Crippen LogP contribution >= 0.6 is 0 Å². The van der Waals surface area contributed by atoms with Crippen LogP contribution in [0, 0.1) is 0 Å². The third-order valence-corrected chi connectivity index (χ3v) is 10.6. The lowest BCUT2D eigenvalue weighted by atomic mass is 10.0. The van der Waals surface area contributed by atoms with Crippen molar-refractivity contribution < 1.29 is 23.9 Å². The predicted molar refractivity (Wildman–Crippen MR) is 237 cm³/mol. The molecule has 0 unspecified atom stereocenters. The van der Waals surface area contributed by atoms with Gasteiger partial charge in [0.05, 0.1) is 6.61 Å². The summed E-state index contributed by atoms with van der Waals surface area (Å²) in [5.41, 5.74) is 0. The molecule has 0 rings (SSSR count). The maximum Gasteiger partial charge on any atom is 0.306 e. The van der Waals surface area contributed by atoms with Crippen LogP contribution in [0.2, 0.25) is 0 Å². The first-order valence-corrected chi connectivity index (χ1v) is 23.9. The molecular weight excluding hydrogens is 685 g/mol. The topological polar surface area (TPSA) is 76.2 Å². The average molecular weight is 781 g/mol. The van der Waals surface area contributed by atoms with E-state index in [0.29, 0.717) is 25.9 Å². The molecule has 0 spiro atoms. The van der Waals surface area contributed by atoms with Crippen molar-refractivity contribution >= 4 is 18.2 Å². The minimum absolute atomic E-state index is 0.0164. The van der Waals surface area contributed by atoms with Gasteiger partial charge in [-0.05, 0) is 92.0 Å². The first-order valence-electron chi connectivity index (χ1n) is 23.9. The molecule has 0 aromatic carbocycles. The molecule has 0 heterocycles. The van der Waals surface area contributed by atoms with Gasteiger partial charge in [-0.25, -0.2) is 0 Å². The van der Waals surface area contributed by atoms with Crippen molar-refractivity contribution in [2.75, 3.05) is 47.4 Å². The van der Waals surface area contributed by atoms with Crippen molar-refractivity contribution in [2.45, 2.75) is 245 Å². The summed E-state index contributed by atoms with van der Waals surface area (Å²) >= 11 is 0. The third kappa shape index (κ3) is 48.6. The van der Waals surface area contributed by atoms with Gasteiger partial charge < -0.3 is 24.1 Å². The molecular formula is C48H96N2O5. The summed E-state index contributed by atoms with van der Waals surface area (Å²) in [6.45, 7) is 10.5. The van der Waals surface area contributed by atoms with Gasteiger partial charge in [0.1, 0.15) is 12.4 Å². The Hall–Kier alpha value is -1.47.